The summed E-state index contributed by atoms with van der Waals surface area (Å²) < 4.78 is 24.9. The van der Waals surface area contributed by atoms with Crippen LogP contribution in [0.3, 0.4) is 0 Å². The lowest BCUT2D eigenvalue weighted by Gasteiger charge is -2.19. The molecule has 0 saturated heterocycles. The predicted octanol–water partition coefficient (Wildman–Crippen LogP) is 2.58. The molecule has 6 nitrogen and oxygen atoms in total. The third kappa shape index (κ3) is 5.95. The fourth-order valence-electron chi connectivity index (χ4n) is 2.22. The highest BCUT2D eigenvalue weighted by Crippen LogP contribution is 2.21. The average Bonchev–Trinajstić information content (AvgIpc) is 2.56. The van der Waals surface area contributed by atoms with Crippen molar-refractivity contribution in [1.29, 1.82) is 0 Å². The Labute approximate surface area is 152 Å². The molecule has 8 heteroatoms. The van der Waals surface area contributed by atoms with Gasteiger partial charge in [0.25, 0.3) is 5.91 Å². The summed E-state index contributed by atoms with van der Waals surface area (Å²) in [6.07, 6.45) is 1.04. The Balaban J connectivity index is 1.97. The fourth-order valence-corrected chi connectivity index (χ4v) is 2.98. The van der Waals surface area contributed by atoms with Crippen LogP contribution in [0, 0.1) is 0 Å². The molecule has 0 aliphatic carbocycles. The average molecular weight is 382 g/mol. The highest BCUT2D eigenvalue weighted by atomic mass is 35.5. The summed E-state index contributed by atoms with van der Waals surface area (Å²) in [5.74, 6) is -0.358. The Morgan fingerprint density at radius 2 is 1.84 bits per heavy atom. The van der Waals surface area contributed by atoms with Crippen molar-refractivity contribution in [2.45, 2.75) is 0 Å². The van der Waals surface area contributed by atoms with Gasteiger partial charge in [0.2, 0.25) is 10.0 Å². The van der Waals surface area contributed by atoms with Gasteiger partial charge in [-0.15, -0.1) is 0 Å². The number of carbonyl (C=O) groups is 1. The maximum atomic E-state index is 12.3. The van der Waals surface area contributed by atoms with Gasteiger partial charge in [-0.1, -0.05) is 29.8 Å². The molecule has 0 bridgehead atoms. The van der Waals surface area contributed by atoms with E-state index in [2.05, 4.69) is 10.0 Å². The first kappa shape index (κ1) is 19.1. The number of nitrogens with one attached hydrogen (secondary N) is 2. The molecule has 0 fully saturated rings. The van der Waals surface area contributed by atoms with Gasteiger partial charge in [-0.3, -0.25) is 9.52 Å². The van der Waals surface area contributed by atoms with E-state index in [1.165, 1.54) is 18.2 Å². The molecule has 0 saturated carbocycles. The summed E-state index contributed by atoms with van der Waals surface area (Å²) in [5, 5.41) is 3.05. The second-order valence-electron chi connectivity index (χ2n) is 5.58. The molecule has 0 aliphatic heterocycles. The molecule has 0 heterocycles. The summed E-state index contributed by atoms with van der Waals surface area (Å²) in [6, 6.07) is 14.2. The number of anilines is 2. The minimum absolute atomic E-state index is 0.220. The number of para-hydroxylation sites is 1. The number of hydrogen-bond donors (Lipinski definition) is 2. The van der Waals surface area contributed by atoms with E-state index in [1.807, 2.05) is 42.3 Å². The Hall–Kier alpha value is -2.25. The van der Waals surface area contributed by atoms with E-state index in [0.29, 0.717) is 18.8 Å². The summed E-state index contributed by atoms with van der Waals surface area (Å²) in [4.78, 5) is 14.3. The Morgan fingerprint density at radius 1 is 1.16 bits per heavy atom. The number of sulfonamides is 1. The molecule has 2 aromatic carbocycles. The molecule has 2 aromatic rings. The monoisotopic (exact) mass is 381 g/mol. The minimum atomic E-state index is -3.42. The smallest absolute Gasteiger partial charge is 0.252 e. The van der Waals surface area contributed by atoms with E-state index >= 15 is 0 Å². The summed E-state index contributed by atoms with van der Waals surface area (Å²) >= 11 is 6.05. The molecule has 0 aromatic heterocycles. The number of halogens is 1. The second-order valence-corrected chi connectivity index (χ2v) is 7.74. The van der Waals surface area contributed by atoms with Gasteiger partial charge in [0, 0.05) is 31.5 Å². The Morgan fingerprint density at radius 3 is 2.48 bits per heavy atom. The van der Waals surface area contributed by atoms with Crippen LogP contribution in [0.1, 0.15) is 10.4 Å². The Kier molecular flexibility index (Phi) is 6.27. The predicted molar refractivity (Wildman–Crippen MR) is 102 cm³/mol. The van der Waals surface area contributed by atoms with Gasteiger partial charge in [0.15, 0.2) is 0 Å². The highest BCUT2D eigenvalue weighted by molar-refractivity contribution is 7.92. The van der Waals surface area contributed by atoms with E-state index in [-0.39, 0.29) is 16.5 Å². The largest absolute Gasteiger partial charge is 0.373 e. The molecule has 134 valence electrons. The zero-order valence-corrected chi connectivity index (χ0v) is 15.6. The van der Waals surface area contributed by atoms with Crippen molar-refractivity contribution in [1.82, 2.24) is 5.32 Å². The summed E-state index contributed by atoms with van der Waals surface area (Å²) in [7, 11) is -1.49. The van der Waals surface area contributed by atoms with Crippen LogP contribution in [0.2, 0.25) is 5.02 Å². The molecule has 0 spiro atoms. The van der Waals surface area contributed by atoms with Crippen LogP contribution < -0.4 is 14.9 Å². The minimum Gasteiger partial charge on any atom is -0.373 e. The van der Waals surface area contributed by atoms with Crippen LogP contribution in [-0.4, -0.2) is 40.7 Å². The fraction of sp³-hybridized carbons (Fsp3) is 0.235. The molecule has 0 atom stereocenters. The number of nitrogens with zero attached hydrogens (tertiary/aromatic N) is 1. The number of rotatable bonds is 7. The van der Waals surface area contributed by atoms with E-state index in [9.17, 15) is 13.2 Å². The first-order chi connectivity index (χ1) is 11.8. The molecule has 2 rings (SSSR count). The van der Waals surface area contributed by atoms with Gasteiger partial charge in [-0.05, 0) is 30.3 Å². The van der Waals surface area contributed by atoms with E-state index < -0.39 is 10.0 Å². The molecular formula is C17H20ClN3O3S. The van der Waals surface area contributed by atoms with Gasteiger partial charge < -0.3 is 10.2 Å². The van der Waals surface area contributed by atoms with Crippen LogP contribution in [0.25, 0.3) is 0 Å². The van der Waals surface area contributed by atoms with Crippen molar-refractivity contribution in [2.75, 3.05) is 36.0 Å². The van der Waals surface area contributed by atoms with Gasteiger partial charge >= 0.3 is 0 Å². The van der Waals surface area contributed by atoms with Crippen molar-refractivity contribution in [3.05, 3.63) is 59.1 Å². The van der Waals surface area contributed by atoms with Gasteiger partial charge in [-0.2, -0.15) is 0 Å². The Bertz CT molecular complexity index is 841. The number of hydrogen-bond acceptors (Lipinski definition) is 4. The zero-order chi connectivity index (χ0) is 18.4. The second kappa shape index (κ2) is 8.22. The SMILES string of the molecule is CN(CCNC(=O)c1cc(NS(C)(=O)=O)ccc1Cl)c1ccccc1. The molecule has 25 heavy (non-hydrogen) atoms. The lowest BCUT2D eigenvalue weighted by Crippen LogP contribution is -2.33. The maximum absolute atomic E-state index is 12.3. The third-order valence-electron chi connectivity index (χ3n) is 3.44. The molecule has 1 amide bonds. The molecule has 0 radical (unpaired) electrons. The topological polar surface area (TPSA) is 78.5 Å². The van der Waals surface area contributed by atoms with Crippen molar-refractivity contribution in [3.8, 4) is 0 Å². The number of benzene rings is 2. The normalized spacial score (nSPS) is 11.0. The van der Waals surface area contributed by atoms with E-state index in [4.69, 9.17) is 11.6 Å². The van der Waals surface area contributed by atoms with Gasteiger partial charge in [0.1, 0.15) is 0 Å². The quantitative estimate of drug-likeness (QED) is 0.772. The molecule has 0 unspecified atom stereocenters. The van der Waals surface area contributed by atoms with Crippen molar-refractivity contribution >= 4 is 38.9 Å². The van der Waals surface area contributed by atoms with Crippen molar-refractivity contribution in [3.63, 3.8) is 0 Å². The first-order valence-corrected chi connectivity index (χ1v) is 9.85. The molecule has 2 N–H and O–H groups in total. The summed E-state index contributed by atoms with van der Waals surface area (Å²) in [6.45, 7) is 1.04. The lowest BCUT2D eigenvalue weighted by molar-refractivity contribution is 0.0955. The molecule has 0 aliphatic rings. The van der Waals surface area contributed by atoms with Gasteiger partial charge in [-0.25, -0.2) is 8.42 Å². The van der Waals surface area contributed by atoms with Gasteiger partial charge in [0.05, 0.1) is 16.8 Å². The van der Waals surface area contributed by atoms with Crippen molar-refractivity contribution < 1.29 is 13.2 Å². The van der Waals surface area contributed by atoms with Crippen LogP contribution >= 0.6 is 11.6 Å². The van der Waals surface area contributed by atoms with E-state index in [0.717, 1.165) is 11.9 Å². The van der Waals surface area contributed by atoms with E-state index in [1.54, 1.807) is 0 Å². The number of carbonyl (C=O) groups excluding carboxylic acids is 1. The summed E-state index contributed by atoms with van der Waals surface area (Å²) in [5.41, 5.74) is 1.56. The standard InChI is InChI=1S/C17H20ClN3O3S/c1-21(14-6-4-3-5-7-14)11-10-19-17(22)15-12-13(8-9-16(15)18)20-25(2,23)24/h3-9,12,20H,10-11H2,1-2H3,(H,19,22). The maximum Gasteiger partial charge on any atom is 0.252 e. The number of likely N-dealkylation sites (N-methyl/N-ethyl adjacent to an activating group) is 1. The molecular weight excluding hydrogens is 362 g/mol. The number of amides is 1. The van der Waals surface area contributed by atoms with Crippen molar-refractivity contribution in [2.24, 2.45) is 0 Å². The van der Waals surface area contributed by atoms with Crippen LogP contribution in [0.5, 0.6) is 0 Å². The van der Waals surface area contributed by atoms with Crippen LogP contribution in [0.4, 0.5) is 11.4 Å². The zero-order valence-electron chi connectivity index (χ0n) is 14.0. The van der Waals surface area contributed by atoms with Crippen LogP contribution in [-0.2, 0) is 10.0 Å². The highest BCUT2D eigenvalue weighted by Gasteiger charge is 2.13. The first-order valence-electron chi connectivity index (χ1n) is 7.58. The third-order valence-corrected chi connectivity index (χ3v) is 4.38. The van der Waals surface area contributed by atoms with Crippen LogP contribution in [0.15, 0.2) is 48.5 Å². The lowest BCUT2D eigenvalue weighted by atomic mass is 10.2.